The molecule has 0 saturated carbocycles. The van der Waals surface area contributed by atoms with Crippen molar-refractivity contribution in [1.29, 1.82) is 0 Å². The smallest absolute Gasteiger partial charge is 0.160 e. The lowest BCUT2D eigenvalue weighted by atomic mass is 10.2. The maximum absolute atomic E-state index is 9.79. The lowest BCUT2D eigenvalue weighted by molar-refractivity contribution is 0.466. The minimum Gasteiger partial charge on any atom is -0.504 e. The fourth-order valence-electron chi connectivity index (χ4n) is 2.03. The minimum atomic E-state index is 0.227. The van der Waals surface area contributed by atoms with Crippen molar-refractivity contribution in [2.75, 3.05) is 0 Å². The second kappa shape index (κ2) is 3.84. The molecule has 3 aromatic rings. The molecule has 0 aliphatic heterocycles. The van der Waals surface area contributed by atoms with Crippen LogP contribution < -0.4 is 0 Å². The van der Waals surface area contributed by atoms with E-state index >= 15 is 0 Å². The van der Waals surface area contributed by atoms with E-state index in [-0.39, 0.29) is 5.75 Å². The Balaban J connectivity index is 2.22. The first-order valence-corrected chi connectivity index (χ1v) is 5.78. The second-order valence-corrected chi connectivity index (χ2v) is 4.29. The number of rotatable bonds is 1. The third kappa shape index (κ3) is 1.54. The monoisotopic (exact) mass is 239 g/mol. The summed E-state index contributed by atoms with van der Waals surface area (Å²) in [6.45, 7) is 3.60. The van der Waals surface area contributed by atoms with E-state index < -0.39 is 0 Å². The summed E-state index contributed by atoms with van der Waals surface area (Å²) >= 11 is 0. The fraction of sp³-hybridized carbons (Fsp3) is 0.143. The third-order valence-electron chi connectivity index (χ3n) is 3.05. The summed E-state index contributed by atoms with van der Waals surface area (Å²) in [6.07, 6.45) is 0. The summed E-state index contributed by atoms with van der Waals surface area (Å²) < 4.78 is 1.66. The van der Waals surface area contributed by atoms with E-state index in [1.54, 1.807) is 11.6 Å². The molecule has 0 aliphatic carbocycles. The highest BCUT2D eigenvalue weighted by Crippen LogP contribution is 2.23. The number of aromatic hydroxyl groups is 1. The summed E-state index contributed by atoms with van der Waals surface area (Å²) in [7, 11) is 0. The molecule has 0 aliphatic rings. The van der Waals surface area contributed by atoms with E-state index in [0.29, 0.717) is 11.4 Å². The van der Waals surface area contributed by atoms with E-state index in [1.807, 2.05) is 43.3 Å². The summed E-state index contributed by atoms with van der Waals surface area (Å²) in [5.74, 6) is 0.944. The summed E-state index contributed by atoms with van der Waals surface area (Å²) in [6, 6.07) is 11.8. The van der Waals surface area contributed by atoms with Crippen molar-refractivity contribution in [3.05, 3.63) is 47.8 Å². The molecular weight excluding hydrogens is 226 g/mol. The molecule has 4 nitrogen and oxygen atoms in total. The molecule has 90 valence electrons. The normalized spacial score (nSPS) is 11.0. The van der Waals surface area contributed by atoms with Crippen LogP contribution in [0.3, 0.4) is 0 Å². The van der Waals surface area contributed by atoms with Crippen LogP contribution in [0.5, 0.6) is 5.75 Å². The third-order valence-corrected chi connectivity index (χ3v) is 3.05. The van der Waals surface area contributed by atoms with Crippen molar-refractivity contribution in [3.63, 3.8) is 0 Å². The molecule has 0 saturated heterocycles. The van der Waals surface area contributed by atoms with Crippen LogP contribution in [0.2, 0.25) is 0 Å². The van der Waals surface area contributed by atoms with E-state index in [1.165, 1.54) is 0 Å². The number of hydrogen-bond acceptors (Lipinski definition) is 3. The van der Waals surface area contributed by atoms with Gasteiger partial charge in [0, 0.05) is 5.39 Å². The molecule has 0 fully saturated rings. The van der Waals surface area contributed by atoms with Gasteiger partial charge in [0.1, 0.15) is 5.69 Å². The number of aromatic nitrogens is 3. The Labute approximate surface area is 105 Å². The van der Waals surface area contributed by atoms with Crippen LogP contribution in [0.4, 0.5) is 0 Å². The lowest BCUT2D eigenvalue weighted by Gasteiger charge is -2.04. The van der Waals surface area contributed by atoms with Gasteiger partial charge in [0.15, 0.2) is 11.6 Å². The highest BCUT2D eigenvalue weighted by Gasteiger charge is 2.12. The van der Waals surface area contributed by atoms with Crippen molar-refractivity contribution < 1.29 is 5.11 Å². The van der Waals surface area contributed by atoms with Crippen LogP contribution in [0.1, 0.15) is 11.4 Å². The average Bonchev–Trinajstić information content (AvgIpc) is 2.66. The number of aryl methyl sites for hydroxylation is 1. The fourth-order valence-corrected chi connectivity index (χ4v) is 2.03. The number of fused-ring (bicyclic) bond motifs is 1. The molecule has 18 heavy (non-hydrogen) atoms. The quantitative estimate of drug-likeness (QED) is 0.710. The maximum atomic E-state index is 9.79. The molecule has 4 heteroatoms. The van der Waals surface area contributed by atoms with Crippen molar-refractivity contribution in [2.45, 2.75) is 13.8 Å². The van der Waals surface area contributed by atoms with Crippen LogP contribution in [-0.4, -0.2) is 19.9 Å². The van der Waals surface area contributed by atoms with E-state index in [4.69, 9.17) is 0 Å². The summed E-state index contributed by atoms with van der Waals surface area (Å²) in [4.78, 5) is 4.55. The molecule has 0 amide bonds. The molecule has 0 bridgehead atoms. The zero-order chi connectivity index (χ0) is 12.7. The number of pyridine rings is 1. The van der Waals surface area contributed by atoms with Gasteiger partial charge in [0.05, 0.1) is 11.2 Å². The Morgan fingerprint density at radius 3 is 2.56 bits per heavy atom. The van der Waals surface area contributed by atoms with Gasteiger partial charge < -0.3 is 5.11 Å². The summed E-state index contributed by atoms with van der Waals surface area (Å²) in [5, 5.41) is 15.2. The van der Waals surface area contributed by atoms with Gasteiger partial charge in [-0.05, 0) is 32.0 Å². The van der Waals surface area contributed by atoms with Crippen molar-refractivity contribution >= 4 is 10.9 Å². The van der Waals surface area contributed by atoms with Crippen LogP contribution in [0, 0.1) is 13.8 Å². The van der Waals surface area contributed by atoms with Crippen LogP contribution in [0.15, 0.2) is 36.4 Å². The topological polar surface area (TPSA) is 50.9 Å². The molecule has 2 heterocycles. The number of nitrogens with zero attached hydrogens (tertiary/aromatic N) is 3. The Bertz CT molecular complexity index is 731. The van der Waals surface area contributed by atoms with Crippen LogP contribution in [0.25, 0.3) is 16.7 Å². The van der Waals surface area contributed by atoms with Gasteiger partial charge in [0.2, 0.25) is 0 Å². The van der Waals surface area contributed by atoms with Gasteiger partial charge in [-0.15, -0.1) is 0 Å². The largest absolute Gasteiger partial charge is 0.504 e. The van der Waals surface area contributed by atoms with Gasteiger partial charge in [-0.1, -0.05) is 18.2 Å². The lowest BCUT2D eigenvalue weighted by Crippen LogP contribution is -2.01. The second-order valence-electron chi connectivity index (χ2n) is 4.29. The first kappa shape index (κ1) is 10.8. The Morgan fingerprint density at radius 2 is 1.83 bits per heavy atom. The molecule has 1 aromatic carbocycles. The van der Waals surface area contributed by atoms with Gasteiger partial charge >= 0.3 is 0 Å². The van der Waals surface area contributed by atoms with E-state index in [9.17, 15) is 5.11 Å². The number of hydrogen-bond donors (Lipinski definition) is 1. The van der Waals surface area contributed by atoms with Gasteiger partial charge in [0.25, 0.3) is 0 Å². The highest BCUT2D eigenvalue weighted by molar-refractivity contribution is 5.79. The van der Waals surface area contributed by atoms with E-state index in [2.05, 4.69) is 10.1 Å². The maximum Gasteiger partial charge on any atom is 0.160 e. The predicted molar refractivity (Wildman–Crippen MR) is 70.0 cm³/mol. The molecule has 1 N–H and O–H groups in total. The zero-order valence-electron chi connectivity index (χ0n) is 10.3. The van der Waals surface area contributed by atoms with Crippen molar-refractivity contribution in [2.24, 2.45) is 0 Å². The standard InChI is InChI=1S/C14H13N3O/c1-9-14(18)10(2)17(16-9)13-8-7-11-5-3-4-6-12(11)15-13/h3-8,18H,1-2H3. The molecule has 0 atom stereocenters. The Kier molecular flexibility index (Phi) is 2.30. The molecule has 3 rings (SSSR count). The molecule has 2 aromatic heterocycles. The average molecular weight is 239 g/mol. The van der Waals surface area contributed by atoms with Crippen molar-refractivity contribution in [1.82, 2.24) is 14.8 Å². The Morgan fingerprint density at radius 1 is 1.06 bits per heavy atom. The Hall–Kier alpha value is -2.36. The first-order chi connectivity index (χ1) is 8.66. The summed E-state index contributed by atoms with van der Waals surface area (Å²) in [5.41, 5.74) is 2.24. The SMILES string of the molecule is Cc1nn(-c2ccc3ccccc3n2)c(C)c1O. The van der Waals surface area contributed by atoms with Crippen LogP contribution >= 0.6 is 0 Å². The zero-order valence-corrected chi connectivity index (χ0v) is 10.3. The number of benzene rings is 1. The first-order valence-electron chi connectivity index (χ1n) is 5.78. The van der Waals surface area contributed by atoms with E-state index in [0.717, 1.165) is 16.7 Å². The van der Waals surface area contributed by atoms with Gasteiger partial charge in [-0.3, -0.25) is 0 Å². The van der Waals surface area contributed by atoms with Crippen LogP contribution in [-0.2, 0) is 0 Å². The van der Waals surface area contributed by atoms with Gasteiger partial charge in [-0.25, -0.2) is 9.67 Å². The highest BCUT2D eigenvalue weighted by atomic mass is 16.3. The molecular formula is C14H13N3O. The minimum absolute atomic E-state index is 0.227. The van der Waals surface area contributed by atoms with Crippen molar-refractivity contribution in [3.8, 4) is 11.6 Å². The molecule has 0 radical (unpaired) electrons. The number of para-hydroxylation sites is 1. The molecule has 0 unspecified atom stereocenters. The molecule has 0 spiro atoms. The van der Waals surface area contributed by atoms with Gasteiger partial charge in [-0.2, -0.15) is 5.10 Å². The predicted octanol–water partition coefficient (Wildman–Crippen LogP) is 2.74.